The van der Waals surface area contributed by atoms with Gasteiger partial charge in [-0.15, -0.1) is 23.2 Å². The molecular weight excluding hydrogens is 351 g/mol. The summed E-state index contributed by atoms with van der Waals surface area (Å²) in [7, 11) is 0. The molecule has 1 fully saturated rings. The Morgan fingerprint density at radius 2 is 2.07 bits per heavy atom. The van der Waals surface area contributed by atoms with Crippen molar-refractivity contribution in [2.24, 2.45) is 5.41 Å². The molecule has 1 aliphatic rings. The molecule has 0 bridgehead atoms. The average Bonchev–Trinajstić information content (AvgIpc) is 2.10. The molecule has 1 rings (SSSR count). The maximum atomic E-state index is 6.44. The van der Waals surface area contributed by atoms with Crippen molar-refractivity contribution in [3.63, 3.8) is 0 Å². The second-order valence-corrected chi connectivity index (χ2v) is 6.93. The third-order valence-electron chi connectivity index (χ3n) is 2.84. The van der Waals surface area contributed by atoms with Gasteiger partial charge in [0.25, 0.3) is 0 Å². The van der Waals surface area contributed by atoms with E-state index in [2.05, 4.69) is 51.8 Å². The second-order valence-electron chi connectivity index (χ2n) is 4.21. The van der Waals surface area contributed by atoms with Gasteiger partial charge >= 0.3 is 0 Å². The largest absolute Gasteiger partial charge is 0.118 e. The maximum Gasteiger partial charge on any atom is 0.0621 e. The van der Waals surface area contributed by atoms with E-state index in [9.17, 15) is 0 Å². The molecule has 1 aliphatic carbocycles. The molecule has 0 radical (unpaired) electrons. The van der Waals surface area contributed by atoms with Crippen LogP contribution >= 0.6 is 55.1 Å². The van der Waals surface area contributed by atoms with E-state index in [0.717, 1.165) is 17.3 Å². The monoisotopic (exact) mass is 362 g/mol. The summed E-state index contributed by atoms with van der Waals surface area (Å²) >= 11 is 19.8. The standard InChI is InChI=1S/C10H14Br2Cl2/c1-10(2)8(12)5-7(13)6(3-4-11)9(10)14/h3,7-9H,4-5H2,1-2H3/b6-3-/t7-,8-,9-/m0/s1. The van der Waals surface area contributed by atoms with E-state index >= 15 is 0 Å². The zero-order valence-electron chi connectivity index (χ0n) is 8.24. The Morgan fingerprint density at radius 1 is 1.50 bits per heavy atom. The Morgan fingerprint density at radius 3 is 2.57 bits per heavy atom. The van der Waals surface area contributed by atoms with Crippen molar-refractivity contribution in [1.29, 1.82) is 0 Å². The van der Waals surface area contributed by atoms with Crippen molar-refractivity contribution in [2.45, 2.75) is 35.8 Å². The van der Waals surface area contributed by atoms with E-state index < -0.39 is 0 Å². The van der Waals surface area contributed by atoms with Crippen LogP contribution < -0.4 is 0 Å². The predicted octanol–water partition coefficient (Wildman–Crippen LogP) is 4.72. The van der Waals surface area contributed by atoms with E-state index in [0.29, 0.717) is 4.83 Å². The summed E-state index contributed by atoms with van der Waals surface area (Å²) in [5, 5.41) is 0.894. The van der Waals surface area contributed by atoms with Gasteiger partial charge in [0.15, 0.2) is 0 Å². The highest BCUT2D eigenvalue weighted by Gasteiger charge is 2.44. The number of rotatable bonds is 1. The van der Waals surface area contributed by atoms with Crippen LogP contribution in [0.3, 0.4) is 0 Å². The fraction of sp³-hybridized carbons (Fsp3) is 0.800. The topological polar surface area (TPSA) is 0 Å². The van der Waals surface area contributed by atoms with Gasteiger partial charge in [0.05, 0.1) is 10.8 Å². The van der Waals surface area contributed by atoms with Crippen molar-refractivity contribution in [2.75, 3.05) is 5.33 Å². The van der Waals surface area contributed by atoms with Crippen LogP contribution in [0.2, 0.25) is 0 Å². The number of alkyl halides is 4. The van der Waals surface area contributed by atoms with E-state index in [4.69, 9.17) is 23.2 Å². The van der Waals surface area contributed by atoms with E-state index in [1.807, 2.05) is 0 Å². The van der Waals surface area contributed by atoms with Gasteiger partial charge in [-0.3, -0.25) is 0 Å². The van der Waals surface area contributed by atoms with Crippen LogP contribution in [-0.4, -0.2) is 20.9 Å². The molecule has 0 aromatic heterocycles. The van der Waals surface area contributed by atoms with Crippen molar-refractivity contribution < 1.29 is 0 Å². The molecule has 3 atom stereocenters. The van der Waals surface area contributed by atoms with Crippen molar-refractivity contribution in [1.82, 2.24) is 0 Å². The molecule has 0 heterocycles. The smallest absolute Gasteiger partial charge is 0.0621 e. The lowest BCUT2D eigenvalue weighted by Gasteiger charge is -2.43. The zero-order valence-corrected chi connectivity index (χ0v) is 12.9. The number of hydrogen-bond donors (Lipinski definition) is 0. The van der Waals surface area contributed by atoms with Crippen LogP contribution in [0.5, 0.6) is 0 Å². The SMILES string of the molecule is CC1(C)[C@@H](Br)C[C@H](Cl)/C(=C/CBr)[C@@H]1Cl. The zero-order chi connectivity index (χ0) is 10.9. The molecule has 82 valence electrons. The Kier molecular flexibility index (Phi) is 4.84. The molecule has 0 saturated heterocycles. The lowest BCUT2D eigenvalue weighted by atomic mass is 9.74. The third-order valence-corrected chi connectivity index (χ3v) is 5.96. The van der Waals surface area contributed by atoms with Crippen LogP contribution in [-0.2, 0) is 0 Å². The molecule has 0 spiro atoms. The van der Waals surface area contributed by atoms with Crippen molar-refractivity contribution >= 4 is 55.1 Å². The molecule has 14 heavy (non-hydrogen) atoms. The first kappa shape index (κ1) is 13.3. The highest BCUT2D eigenvalue weighted by Crippen LogP contribution is 2.47. The molecule has 0 aromatic rings. The first-order chi connectivity index (χ1) is 6.41. The lowest BCUT2D eigenvalue weighted by Crippen LogP contribution is -2.43. The summed E-state index contributed by atoms with van der Waals surface area (Å²) in [5.41, 5.74) is 1.21. The van der Waals surface area contributed by atoms with Crippen LogP contribution in [0.4, 0.5) is 0 Å². The van der Waals surface area contributed by atoms with Gasteiger partial charge in [0.1, 0.15) is 0 Å². The van der Waals surface area contributed by atoms with Gasteiger partial charge < -0.3 is 0 Å². The number of hydrogen-bond acceptors (Lipinski definition) is 0. The molecule has 0 nitrogen and oxygen atoms in total. The lowest BCUT2D eigenvalue weighted by molar-refractivity contribution is 0.315. The molecule has 0 N–H and O–H groups in total. The van der Waals surface area contributed by atoms with Crippen LogP contribution in [0.1, 0.15) is 20.3 Å². The predicted molar refractivity (Wildman–Crippen MR) is 72.3 cm³/mol. The molecule has 1 saturated carbocycles. The number of allylic oxidation sites excluding steroid dienone is 2. The molecule has 0 amide bonds. The molecule has 0 unspecified atom stereocenters. The Labute approximate surface area is 113 Å². The quantitative estimate of drug-likeness (QED) is 0.466. The van der Waals surface area contributed by atoms with E-state index in [1.54, 1.807) is 0 Å². The maximum absolute atomic E-state index is 6.44. The van der Waals surface area contributed by atoms with Crippen LogP contribution in [0.25, 0.3) is 0 Å². The first-order valence-corrected chi connectivity index (χ1v) is 7.50. The van der Waals surface area contributed by atoms with Crippen LogP contribution in [0.15, 0.2) is 11.6 Å². The minimum Gasteiger partial charge on any atom is -0.118 e. The van der Waals surface area contributed by atoms with Gasteiger partial charge in [-0.25, -0.2) is 0 Å². The fourth-order valence-electron chi connectivity index (χ4n) is 1.69. The van der Waals surface area contributed by atoms with Gasteiger partial charge in [-0.05, 0) is 17.4 Å². The van der Waals surface area contributed by atoms with E-state index in [1.165, 1.54) is 0 Å². The van der Waals surface area contributed by atoms with Crippen molar-refractivity contribution in [3.05, 3.63) is 11.6 Å². The van der Waals surface area contributed by atoms with Gasteiger partial charge in [-0.2, -0.15) is 0 Å². The van der Waals surface area contributed by atoms with Gasteiger partial charge in [0.2, 0.25) is 0 Å². The molecule has 0 aliphatic heterocycles. The average molecular weight is 365 g/mol. The summed E-state index contributed by atoms with van der Waals surface area (Å²) < 4.78 is 0. The van der Waals surface area contributed by atoms with Gasteiger partial charge in [0, 0.05) is 10.2 Å². The summed E-state index contributed by atoms with van der Waals surface area (Å²) in [5.74, 6) is 0. The Bertz CT molecular complexity index is 238. The number of halogens is 4. The summed E-state index contributed by atoms with van der Waals surface area (Å²) in [6.45, 7) is 4.35. The molecule has 4 heteroatoms. The molecular formula is C10H14Br2Cl2. The molecule has 0 aromatic carbocycles. The fourth-order valence-corrected chi connectivity index (χ4v) is 3.92. The van der Waals surface area contributed by atoms with Crippen molar-refractivity contribution in [3.8, 4) is 0 Å². The Balaban J connectivity index is 2.95. The van der Waals surface area contributed by atoms with Gasteiger partial charge in [-0.1, -0.05) is 51.8 Å². The second kappa shape index (κ2) is 5.07. The highest BCUT2D eigenvalue weighted by molar-refractivity contribution is 9.09. The van der Waals surface area contributed by atoms with E-state index in [-0.39, 0.29) is 16.2 Å². The minimum atomic E-state index is 0.0145. The Hall–Kier alpha value is 1.28. The summed E-state index contributed by atoms with van der Waals surface area (Å²) in [4.78, 5) is 0.382. The summed E-state index contributed by atoms with van der Waals surface area (Å²) in [6.07, 6.45) is 3.03. The summed E-state index contributed by atoms with van der Waals surface area (Å²) in [6, 6.07) is 0. The normalized spacial score (nSPS) is 40.1. The first-order valence-electron chi connectivity index (χ1n) is 4.59. The third kappa shape index (κ3) is 2.50. The van der Waals surface area contributed by atoms with Crippen LogP contribution in [0, 0.1) is 5.41 Å². The minimum absolute atomic E-state index is 0.0145. The highest BCUT2D eigenvalue weighted by atomic mass is 79.9.